The van der Waals surface area contributed by atoms with Crippen molar-refractivity contribution in [3.8, 4) is 0 Å². The molecule has 1 rings (SSSR count). The lowest BCUT2D eigenvalue weighted by atomic mass is 10.2. The zero-order valence-corrected chi connectivity index (χ0v) is 15.4. The van der Waals surface area contributed by atoms with Gasteiger partial charge in [0.2, 0.25) is 10.0 Å². The number of thioether (sulfide) groups is 1. The second-order valence-electron chi connectivity index (χ2n) is 4.22. The van der Waals surface area contributed by atoms with E-state index in [2.05, 4.69) is 36.6 Å². The van der Waals surface area contributed by atoms with Gasteiger partial charge in [-0.15, -0.1) is 0 Å². The Morgan fingerprint density at radius 1 is 1.42 bits per heavy atom. The molecule has 0 saturated heterocycles. The minimum absolute atomic E-state index is 0.0899. The van der Waals surface area contributed by atoms with Crippen molar-refractivity contribution in [2.45, 2.75) is 11.8 Å². The Balaban J connectivity index is 2.95. The summed E-state index contributed by atoms with van der Waals surface area (Å²) < 4.78 is 28.3. The van der Waals surface area contributed by atoms with E-state index in [0.717, 1.165) is 10.2 Å². The second kappa shape index (κ2) is 7.31. The SMILES string of the molecule is CSCC(C)CNS(=O)(=O)c1c(N)cc(Br)cc1Br. The maximum absolute atomic E-state index is 12.3. The molecule has 108 valence electrons. The predicted molar refractivity (Wildman–Crippen MR) is 89.0 cm³/mol. The average Bonchev–Trinajstić information content (AvgIpc) is 2.25. The molecule has 1 aromatic rings. The van der Waals surface area contributed by atoms with Gasteiger partial charge < -0.3 is 5.73 Å². The van der Waals surface area contributed by atoms with Crippen molar-refractivity contribution >= 4 is 59.3 Å². The first-order chi connectivity index (χ1) is 8.77. The number of hydrogen-bond donors (Lipinski definition) is 2. The zero-order chi connectivity index (χ0) is 14.6. The molecule has 0 amide bonds. The fourth-order valence-electron chi connectivity index (χ4n) is 1.53. The van der Waals surface area contributed by atoms with E-state index in [9.17, 15) is 8.42 Å². The lowest BCUT2D eigenvalue weighted by molar-refractivity contribution is 0.562. The van der Waals surface area contributed by atoms with Crippen molar-refractivity contribution in [1.82, 2.24) is 4.72 Å². The topological polar surface area (TPSA) is 72.2 Å². The normalized spacial score (nSPS) is 13.5. The van der Waals surface area contributed by atoms with Gasteiger partial charge in [0.05, 0.1) is 5.69 Å². The number of nitrogen functional groups attached to an aromatic ring is 1. The van der Waals surface area contributed by atoms with E-state index >= 15 is 0 Å². The van der Waals surface area contributed by atoms with Crippen LogP contribution in [-0.4, -0.2) is 27.0 Å². The van der Waals surface area contributed by atoms with Crippen molar-refractivity contribution in [2.75, 3.05) is 24.3 Å². The summed E-state index contributed by atoms with van der Waals surface area (Å²) in [6, 6.07) is 3.24. The smallest absolute Gasteiger partial charge is 0.243 e. The number of hydrogen-bond acceptors (Lipinski definition) is 4. The Labute approximate surface area is 135 Å². The zero-order valence-electron chi connectivity index (χ0n) is 10.6. The Morgan fingerprint density at radius 2 is 2.05 bits per heavy atom. The fourth-order valence-corrected chi connectivity index (χ4v) is 5.45. The molecule has 0 spiro atoms. The molecule has 0 aliphatic rings. The van der Waals surface area contributed by atoms with Gasteiger partial charge in [-0.05, 0) is 46.0 Å². The highest BCUT2D eigenvalue weighted by molar-refractivity contribution is 9.11. The monoisotopic (exact) mass is 430 g/mol. The highest BCUT2D eigenvalue weighted by Gasteiger charge is 2.22. The average molecular weight is 432 g/mol. The van der Waals surface area contributed by atoms with Gasteiger partial charge in [-0.2, -0.15) is 11.8 Å². The quantitative estimate of drug-likeness (QED) is 0.678. The summed E-state index contributed by atoms with van der Waals surface area (Å²) in [6.07, 6.45) is 1.99. The number of rotatable bonds is 6. The van der Waals surface area contributed by atoms with Crippen LogP contribution < -0.4 is 10.5 Å². The van der Waals surface area contributed by atoms with Crippen LogP contribution in [0.1, 0.15) is 6.92 Å². The van der Waals surface area contributed by atoms with Crippen LogP contribution in [0.25, 0.3) is 0 Å². The first-order valence-electron chi connectivity index (χ1n) is 5.51. The molecule has 1 unspecified atom stereocenters. The van der Waals surface area contributed by atoms with E-state index in [1.807, 2.05) is 13.2 Å². The molecule has 0 aromatic heterocycles. The summed E-state index contributed by atoms with van der Waals surface area (Å²) in [6.45, 7) is 2.39. The molecule has 0 saturated carbocycles. The number of nitrogens with two attached hydrogens (primary N) is 1. The van der Waals surface area contributed by atoms with Gasteiger partial charge >= 0.3 is 0 Å². The highest BCUT2D eigenvalue weighted by atomic mass is 79.9. The number of sulfonamides is 1. The van der Waals surface area contributed by atoms with Crippen LogP contribution in [-0.2, 0) is 10.0 Å². The molecule has 1 aromatic carbocycles. The minimum atomic E-state index is -3.60. The minimum Gasteiger partial charge on any atom is -0.398 e. The number of halogens is 2. The van der Waals surface area contributed by atoms with Crippen LogP contribution in [0.3, 0.4) is 0 Å². The van der Waals surface area contributed by atoms with Gasteiger partial charge in [-0.25, -0.2) is 13.1 Å². The molecule has 0 fully saturated rings. The van der Waals surface area contributed by atoms with Crippen LogP contribution in [0.2, 0.25) is 0 Å². The van der Waals surface area contributed by atoms with Crippen molar-refractivity contribution in [1.29, 1.82) is 0 Å². The largest absolute Gasteiger partial charge is 0.398 e. The van der Waals surface area contributed by atoms with Crippen molar-refractivity contribution < 1.29 is 8.42 Å². The summed E-state index contributed by atoms with van der Waals surface area (Å²) >= 11 is 8.20. The molecular formula is C11H16Br2N2O2S2. The fraction of sp³-hybridized carbons (Fsp3) is 0.455. The number of benzene rings is 1. The summed E-state index contributed by atoms with van der Waals surface area (Å²) in [7, 11) is -3.60. The van der Waals surface area contributed by atoms with Crippen LogP contribution in [0, 0.1) is 5.92 Å². The first kappa shape index (κ1) is 17.3. The van der Waals surface area contributed by atoms with Crippen LogP contribution in [0.5, 0.6) is 0 Å². The lowest BCUT2D eigenvalue weighted by Crippen LogP contribution is -2.30. The Bertz CT molecular complexity index is 527. The third kappa shape index (κ3) is 4.93. The van der Waals surface area contributed by atoms with Gasteiger partial charge in [-0.1, -0.05) is 22.9 Å². The maximum atomic E-state index is 12.3. The molecule has 0 heterocycles. The third-order valence-electron chi connectivity index (χ3n) is 2.38. The van der Waals surface area contributed by atoms with Gasteiger partial charge in [-0.3, -0.25) is 0 Å². The van der Waals surface area contributed by atoms with Crippen molar-refractivity contribution in [2.24, 2.45) is 5.92 Å². The third-order valence-corrected chi connectivity index (χ3v) is 6.17. The molecular weight excluding hydrogens is 416 g/mol. The number of anilines is 1. The maximum Gasteiger partial charge on any atom is 0.243 e. The van der Waals surface area contributed by atoms with Crippen molar-refractivity contribution in [3.63, 3.8) is 0 Å². The van der Waals surface area contributed by atoms with Gasteiger partial charge in [0.25, 0.3) is 0 Å². The Kier molecular flexibility index (Phi) is 6.65. The summed E-state index contributed by atoms with van der Waals surface area (Å²) in [5.41, 5.74) is 6.00. The summed E-state index contributed by atoms with van der Waals surface area (Å²) in [5.74, 6) is 1.17. The predicted octanol–water partition coefficient (Wildman–Crippen LogP) is 3.07. The van der Waals surface area contributed by atoms with E-state index in [1.165, 1.54) is 0 Å². The van der Waals surface area contributed by atoms with Crippen LogP contribution >= 0.6 is 43.6 Å². The lowest BCUT2D eigenvalue weighted by Gasteiger charge is -2.14. The molecule has 0 radical (unpaired) electrons. The number of nitrogens with one attached hydrogen (secondary N) is 1. The van der Waals surface area contributed by atoms with Gasteiger partial charge in [0, 0.05) is 15.5 Å². The molecule has 4 nitrogen and oxygen atoms in total. The van der Waals surface area contributed by atoms with Crippen LogP contribution in [0.15, 0.2) is 26.0 Å². The Morgan fingerprint density at radius 3 is 2.58 bits per heavy atom. The summed E-state index contributed by atoms with van der Waals surface area (Å²) in [5, 5.41) is 0. The van der Waals surface area contributed by atoms with E-state index in [0.29, 0.717) is 11.0 Å². The molecule has 8 heteroatoms. The van der Waals surface area contributed by atoms with E-state index in [4.69, 9.17) is 5.73 Å². The molecule has 0 aliphatic heterocycles. The molecule has 0 bridgehead atoms. The summed E-state index contributed by atoms with van der Waals surface area (Å²) in [4.78, 5) is 0.0899. The molecule has 19 heavy (non-hydrogen) atoms. The van der Waals surface area contributed by atoms with E-state index in [1.54, 1.807) is 23.9 Å². The van der Waals surface area contributed by atoms with Crippen LogP contribution in [0.4, 0.5) is 5.69 Å². The van der Waals surface area contributed by atoms with Crippen molar-refractivity contribution in [3.05, 3.63) is 21.1 Å². The van der Waals surface area contributed by atoms with E-state index in [-0.39, 0.29) is 16.5 Å². The highest BCUT2D eigenvalue weighted by Crippen LogP contribution is 2.31. The Hall–Kier alpha value is 0.240. The molecule has 0 aliphatic carbocycles. The van der Waals surface area contributed by atoms with Gasteiger partial charge in [0.1, 0.15) is 4.90 Å². The molecule has 1 atom stereocenters. The second-order valence-corrected chi connectivity index (χ2v) is 8.60. The van der Waals surface area contributed by atoms with Gasteiger partial charge in [0.15, 0.2) is 0 Å². The first-order valence-corrected chi connectivity index (χ1v) is 9.97. The molecule has 3 N–H and O–H groups in total. The standard InChI is InChI=1S/C11H16Br2N2O2S2/c1-7(6-18-2)5-15-19(16,17)11-9(13)3-8(12)4-10(11)14/h3-4,7,15H,5-6,14H2,1-2H3. The van der Waals surface area contributed by atoms with E-state index < -0.39 is 10.0 Å².